The van der Waals surface area contributed by atoms with E-state index in [9.17, 15) is 0 Å². The highest BCUT2D eigenvalue weighted by Gasteiger charge is 2.28. The average molecular weight is 317 g/mol. The van der Waals surface area contributed by atoms with Crippen molar-refractivity contribution in [2.75, 3.05) is 0 Å². The van der Waals surface area contributed by atoms with Gasteiger partial charge in [0.1, 0.15) is 0 Å². The minimum absolute atomic E-state index is 0.327. The fourth-order valence-corrected chi connectivity index (χ4v) is 4.60. The van der Waals surface area contributed by atoms with Crippen LogP contribution in [0.3, 0.4) is 0 Å². The number of hydrogen-bond acceptors (Lipinski definition) is 3. The minimum atomic E-state index is 0.327. The summed E-state index contributed by atoms with van der Waals surface area (Å²) >= 11 is 5.42. The summed E-state index contributed by atoms with van der Waals surface area (Å²) in [5, 5.41) is 0. The van der Waals surface area contributed by atoms with Crippen LogP contribution in [0.4, 0.5) is 0 Å². The van der Waals surface area contributed by atoms with Gasteiger partial charge in [0.25, 0.3) is 0 Å². The van der Waals surface area contributed by atoms with Crippen LogP contribution in [0.5, 0.6) is 0 Å². The highest BCUT2D eigenvalue weighted by molar-refractivity contribution is 9.11. The first-order valence-corrected chi connectivity index (χ1v) is 7.94. The van der Waals surface area contributed by atoms with Crippen molar-refractivity contribution in [2.45, 2.75) is 45.6 Å². The van der Waals surface area contributed by atoms with Gasteiger partial charge in [-0.3, -0.25) is 11.3 Å². The molecule has 96 valence electrons. The fourth-order valence-electron chi connectivity index (χ4n) is 2.87. The van der Waals surface area contributed by atoms with Crippen molar-refractivity contribution in [1.82, 2.24) is 5.43 Å². The Balaban J connectivity index is 2.15. The number of rotatable bonds is 3. The number of nitrogens with one attached hydrogen (secondary N) is 1. The standard InChI is InChI=1S/C13H21BrN2S/c1-8-4-3-5-10(6-8)12(16-15)11-7-9(2)13(14)17-11/h7-8,10,12,16H,3-6,15H2,1-2H3. The number of hydrazine groups is 1. The van der Waals surface area contributed by atoms with Crippen molar-refractivity contribution < 1.29 is 0 Å². The van der Waals surface area contributed by atoms with Crippen molar-refractivity contribution >= 4 is 27.3 Å². The van der Waals surface area contributed by atoms with E-state index >= 15 is 0 Å². The Kier molecular flexibility index (Phi) is 4.64. The van der Waals surface area contributed by atoms with Crippen LogP contribution in [-0.2, 0) is 0 Å². The van der Waals surface area contributed by atoms with Crippen LogP contribution >= 0.6 is 27.3 Å². The molecule has 1 aromatic rings. The summed E-state index contributed by atoms with van der Waals surface area (Å²) in [5.41, 5.74) is 4.35. The summed E-state index contributed by atoms with van der Waals surface area (Å²) in [5.74, 6) is 7.31. The number of thiophene rings is 1. The van der Waals surface area contributed by atoms with Crippen molar-refractivity contribution in [2.24, 2.45) is 17.7 Å². The largest absolute Gasteiger partial charge is 0.271 e. The highest BCUT2D eigenvalue weighted by Crippen LogP contribution is 2.40. The summed E-state index contributed by atoms with van der Waals surface area (Å²) in [7, 11) is 0. The third-order valence-electron chi connectivity index (χ3n) is 3.81. The Hall–Kier alpha value is 0.100. The SMILES string of the molecule is Cc1cc(C(NN)C2CCCC(C)C2)sc1Br. The Morgan fingerprint density at radius 2 is 2.29 bits per heavy atom. The van der Waals surface area contributed by atoms with Crippen LogP contribution in [0.2, 0.25) is 0 Å². The molecule has 1 aliphatic rings. The zero-order chi connectivity index (χ0) is 12.4. The summed E-state index contributed by atoms with van der Waals surface area (Å²) in [6.07, 6.45) is 5.31. The molecule has 2 nitrogen and oxygen atoms in total. The normalized spacial score (nSPS) is 27.1. The van der Waals surface area contributed by atoms with E-state index in [4.69, 9.17) is 5.84 Å². The lowest BCUT2D eigenvalue weighted by Crippen LogP contribution is -2.35. The van der Waals surface area contributed by atoms with Crippen molar-refractivity contribution in [3.8, 4) is 0 Å². The van der Waals surface area contributed by atoms with Gasteiger partial charge in [-0.2, -0.15) is 0 Å². The molecular formula is C13H21BrN2S. The van der Waals surface area contributed by atoms with Gasteiger partial charge in [-0.25, -0.2) is 0 Å². The highest BCUT2D eigenvalue weighted by atomic mass is 79.9. The van der Waals surface area contributed by atoms with Gasteiger partial charge in [-0.1, -0.05) is 19.8 Å². The maximum absolute atomic E-state index is 5.78. The van der Waals surface area contributed by atoms with E-state index in [1.807, 2.05) is 11.3 Å². The number of nitrogens with two attached hydrogens (primary N) is 1. The molecule has 0 radical (unpaired) electrons. The van der Waals surface area contributed by atoms with Gasteiger partial charge < -0.3 is 0 Å². The van der Waals surface area contributed by atoms with E-state index in [1.54, 1.807) is 0 Å². The van der Waals surface area contributed by atoms with Gasteiger partial charge in [-0.15, -0.1) is 11.3 Å². The summed E-state index contributed by atoms with van der Waals surface area (Å²) < 4.78 is 1.23. The number of hydrogen-bond donors (Lipinski definition) is 2. The maximum Gasteiger partial charge on any atom is 0.0731 e. The third kappa shape index (κ3) is 3.11. The molecule has 4 heteroatoms. The van der Waals surface area contributed by atoms with Gasteiger partial charge in [0.05, 0.1) is 9.83 Å². The van der Waals surface area contributed by atoms with Crippen LogP contribution in [-0.4, -0.2) is 0 Å². The number of halogens is 1. The molecule has 0 amide bonds. The van der Waals surface area contributed by atoms with E-state index in [-0.39, 0.29) is 0 Å². The smallest absolute Gasteiger partial charge is 0.0731 e. The Labute approximate surface area is 116 Å². The van der Waals surface area contributed by atoms with Crippen molar-refractivity contribution in [3.63, 3.8) is 0 Å². The summed E-state index contributed by atoms with van der Waals surface area (Å²) in [6, 6.07) is 2.59. The first-order valence-electron chi connectivity index (χ1n) is 6.33. The van der Waals surface area contributed by atoms with Crippen LogP contribution in [0.15, 0.2) is 9.85 Å². The van der Waals surface area contributed by atoms with Gasteiger partial charge in [0.15, 0.2) is 0 Å². The van der Waals surface area contributed by atoms with E-state index in [0.717, 1.165) is 5.92 Å². The Morgan fingerprint density at radius 3 is 2.82 bits per heavy atom. The van der Waals surface area contributed by atoms with Crippen molar-refractivity contribution in [3.05, 3.63) is 20.3 Å². The van der Waals surface area contributed by atoms with Gasteiger partial charge >= 0.3 is 0 Å². The quantitative estimate of drug-likeness (QED) is 0.649. The molecule has 0 spiro atoms. The van der Waals surface area contributed by atoms with Crippen LogP contribution in [0.25, 0.3) is 0 Å². The monoisotopic (exact) mass is 316 g/mol. The molecule has 1 saturated carbocycles. The van der Waals surface area contributed by atoms with E-state index < -0.39 is 0 Å². The topological polar surface area (TPSA) is 38.0 Å². The second-order valence-electron chi connectivity index (χ2n) is 5.28. The molecule has 1 fully saturated rings. The molecule has 2 rings (SSSR count). The van der Waals surface area contributed by atoms with Crippen LogP contribution in [0.1, 0.15) is 49.1 Å². The zero-order valence-electron chi connectivity index (χ0n) is 10.5. The average Bonchev–Trinajstić information content (AvgIpc) is 2.60. The first-order chi connectivity index (χ1) is 8.11. The molecular weight excluding hydrogens is 296 g/mol. The fraction of sp³-hybridized carbons (Fsp3) is 0.692. The predicted octanol–water partition coefficient (Wildman–Crippen LogP) is 4.15. The predicted molar refractivity (Wildman–Crippen MR) is 77.9 cm³/mol. The first kappa shape index (κ1) is 13.5. The van der Waals surface area contributed by atoms with E-state index in [0.29, 0.717) is 12.0 Å². The molecule has 0 aliphatic heterocycles. The lowest BCUT2D eigenvalue weighted by Gasteiger charge is -2.32. The lowest BCUT2D eigenvalue weighted by molar-refractivity contribution is 0.226. The van der Waals surface area contributed by atoms with E-state index in [2.05, 4.69) is 41.3 Å². The minimum Gasteiger partial charge on any atom is -0.271 e. The van der Waals surface area contributed by atoms with Crippen LogP contribution < -0.4 is 11.3 Å². The molecule has 3 unspecified atom stereocenters. The molecule has 0 bridgehead atoms. The molecule has 17 heavy (non-hydrogen) atoms. The van der Waals surface area contributed by atoms with E-state index in [1.165, 1.54) is 39.9 Å². The molecule has 0 saturated heterocycles. The van der Waals surface area contributed by atoms with Gasteiger partial charge in [0, 0.05) is 4.88 Å². The summed E-state index contributed by atoms with van der Waals surface area (Å²) in [6.45, 7) is 4.50. The molecule has 3 atom stereocenters. The summed E-state index contributed by atoms with van der Waals surface area (Å²) in [4.78, 5) is 1.37. The Bertz CT molecular complexity index is 358. The Morgan fingerprint density at radius 1 is 1.53 bits per heavy atom. The second kappa shape index (κ2) is 5.83. The molecule has 0 aromatic carbocycles. The molecule has 1 heterocycles. The zero-order valence-corrected chi connectivity index (χ0v) is 12.9. The van der Waals surface area contributed by atoms with Crippen LogP contribution in [0, 0.1) is 18.8 Å². The number of aryl methyl sites for hydroxylation is 1. The van der Waals surface area contributed by atoms with Crippen molar-refractivity contribution in [1.29, 1.82) is 0 Å². The molecule has 3 N–H and O–H groups in total. The van der Waals surface area contributed by atoms with Gasteiger partial charge in [0.2, 0.25) is 0 Å². The molecule has 1 aliphatic carbocycles. The second-order valence-corrected chi connectivity index (χ2v) is 7.68. The third-order valence-corrected chi connectivity index (χ3v) is 6.03. The maximum atomic E-state index is 5.78. The lowest BCUT2D eigenvalue weighted by atomic mass is 9.78. The molecule has 1 aromatic heterocycles. The van der Waals surface area contributed by atoms with Gasteiger partial charge in [-0.05, 0) is 59.2 Å².